The number of nitrogens with one attached hydrogen (secondary N) is 2. The minimum atomic E-state index is -3.46. The van der Waals surface area contributed by atoms with Crippen LogP contribution in [-0.4, -0.2) is 19.9 Å². The van der Waals surface area contributed by atoms with Crippen LogP contribution in [0, 0.1) is 5.92 Å². The summed E-state index contributed by atoms with van der Waals surface area (Å²) in [7, 11) is -3.46. The molecule has 0 radical (unpaired) electrons. The monoisotopic (exact) mass is 272 g/mol. The lowest BCUT2D eigenvalue weighted by Crippen LogP contribution is -2.25. The van der Waals surface area contributed by atoms with E-state index in [2.05, 4.69) is 29.0 Å². The maximum Gasteiger partial charge on any atom is 0.242 e. The lowest BCUT2D eigenvalue weighted by molar-refractivity contribution is 0.540. The Balaban J connectivity index is 2.57. The summed E-state index contributed by atoms with van der Waals surface area (Å²) < 4.78 is 26.3. The summed E-state index contributed by atoms with van der Waals surface area (Å²) in [6.45, 7) is 4.66. The van der Waals surface area contributed by atoms with Crippen LogP contribution in [0.3, 0.4) is 0 Å². The molecule has 0 unspecified atom stereocenters. The lowest BCUT2D eigenvalue weighted by Gasteiger charge is -2.08. The molecule has 0 aliphatic carbocycles. The second kappa shape index (κ2) is 6.67. The van der Waals surface area contributed by atoms with Gasteiger partial charge in [-0.3, -0.25) is 0 Å². The Kier molecular flexibility index (Phi) is 5.52. The van der Waals surface area contributed by atoms with E-state index in [9.17, 15) is 8.42 Å². The van der Waals surface area contributed by atoms with E-state index >= 15 is 0 Å². The molecule has 0 spiro atoms. The maximum absolute atomic E-state index is 11.9. The molecule has 6 nitrogen and oxygen atoms in total. The molecule has 1 rings (SSSR count). The fourth-order valence-corrected chi connectivity index (χ4v) is 2.44. The Hall–Kier alpha value is -1.18. The van der Waals surface area contributed by atoms with Crippen molar-refractivity contribution in [1.82, 2.24) is 9.71 Å². The van der Waals surface area contributed by atoms with Crippen LogP contribution in [0.1, 0.15) is 26.7 Å². The quantitative estimate of drug-likeness (QED) is 0.392. The van der Waals surface area contributed by atoms with Gasteiger partial charge in [-0.15, -0.1) is 0 Å². The van der Waals surface area contributed by atoms with Crippen molar-refractivity contribution in [3.8, 4) is 0 Å². The molecule has 0 amide bonds. The molecule has 102 valence electrons. The van der Waals surface area contributed by atoms with Gasteiger partial charge < -0.3 is 5.43 Å². The highest BCUT2D eigenvalue weighted by molar-refractivity contribution is 7.89. The molecule has 0 saturated carbocycles. The van der Waals surface area contributed by atoms with Gasteiger partial charge in [0.2, 0.25) is 10.0 Å². The number of sulfonamides is 1. The topological polar surface area (TPSA) is 97.1 Å². The number of aromatic nitrogens is 1. The minimum Gasteiger partial charge on any atom is -0.308 e. The molecule has 0 aliphatic heterocycles. The van der Waals surface area contributed by atoms with Crippen molar-refractivity contribution in [3.63, 3.8) is 0 Å². The van der Waals surface area contributed by atoms with Crippen molar-refractivity contribution in [3.05, 3.63) is 18.3 Å². The first-order chi connectivity index (χ1) is 8.45. The van der Waals surface area contributed by atoms with Crippen molar-refractivity contribution in [1.29, 1.82) is 0 Å². The van der Waals surface area contributed by atoms with Crippen molar-refractivity contribution in [2.75, 3.05) is 12.0 Å². The number of hydrazine groups is 1. The molecule has 1 aromatic rings. The minimum absolute atomic E-state index is 0.144. The molecule has 4 N–H and O–H groups in total. The van der Waals surface area contributed by atoms with E-state index in [1.165, 1.54) is 18.3 Å². The number of nitrogens with zero attached hydrogens (tertiary/aromatic N) is 1. The maximum atomic E-state index is 11.9. The fourth-order valence-electron chi connectivity index (χ4n) is 1.42. The first-order valence-electron chi connectivity index (χ1n) is 5.88. The van der Waals surface area contributed by atoms with Gasteiger partial charge in [0.05, 0.1) is 0 Å². The van der Waals surface area contributed by atoms with Gasteiger partial charge in [0.25, 0.3) is 0 Å². The highest BCUT2D eigenvalue weighted by atomic mass is 32.2. The highest BCUT2D eigenvalue weighted by Crippen LogP contribution is 2.10. The summed E-state index contributed by atoms with van der Waals surface area (Å²) in [5.74, 6) is 6.16. The van der Waals surface area contributed by atoms with Gasteiger partial charge in [-0.05, 0) is 30.9 Å². The van der Waals surface area contributed by atoms with Crippen LogP contribution in [0.2, 0.25) is 0 Å². The molecule has 0 saturated heterocycles. The van der Waals surface area contributed by atoms with E-state index in [1.807, 2.05) is 0 Å². The third-order valence-electron chi connectivity index (χ3n) is 2.44. The average molecular weight is 272 g/mol. The average Bonchev–Trinajstić information content (AvgIpc) is 2.34. The van der Waals surface area contributed by atoms with Crippen LogP contribution < -0.4 is 16.0 Å². The van der Waals surface area contributed by atoms with E-state index in [0.29, 0.717) is 18.3 Å². The van der Waals surface area contributed by atoms with Gasteiger partial charge >= 0.3 is 0 Å². The predicted molar refractivity (Wildman–Crippen MR) is 71.3 cm³/mol. The number of hydrogen-bond donors (Lipinski definition) is 3. The molecule has 7 heteroatoms. The number of pyridine rings is 1. The lowest BCUT2D eigenvalue weighted by atomic mass is 10.1. The summed E-state index contributed by atoms with van der Waals surface area (Å²) in [4.78, 5) is 4.01. The van der Waals surface area contributed by atoms with E-state index in [1.54, 1.807) is 0 Å². The first kappa shape index (κ1) is 14.9. The Labute approximate surface area is 108 Å². The van der Waals surface area contributed by atoms with Crippen molar-refractivity contribution in [2.24, 2.45) is 11.8 Å². The number of nitrogen functional groups attached to an aromatic ring is 1. The van der Waals surface area contributed by atoms with E-state index < -0.39 is 10.0 Å². The van der Waals surface area contributed by atoms with Crippen LogP contribution in [0.5, 0.6) is 0 Å². The normalized spacial score (nSPS) is 11.8. The molecule has 0 fully saturated rings. The van der Waals surface area contributed by atoms with Crippen LogP contribution in [-0.2, 0) is 10.0 Å². The molecule has 0 aliphatic rings. The molecular weight excluding hydrogens is 252 g/mol. The van der Waals surface area contributed by atoms with Crippen molar-refractivity contribution >= 4 is 15.8 Å². The summed E-state index contributed by atoms with van der Waals surface area (Å²) in [5.41, 5.74) is 2.34. The summed E-state index contributed by atoms with van der Waals surface area (Å²) in [6, 6.07) is 2.98. The first-order valence-corrected chi connectivity index (χ1v) is 7.36. The Morgan fingerprint density at radius 1 is 1.39 bits per heavy atom. The van der Waals surface area contributed by atoms with E-state index in [0.717, 1.165) is 12.8 Å². The van der Waals surface area contributed by atoms with Gasteiger partial charge in [0.15, 0.2) is 0 Å². The second-order valence-corrected chi connectivity index (χ2v) is 6.22. The molecule has 1 heterocycles. The Morgan fingerprint density at radius 2 is 2.11 bits per heavy atom. The van der Waals surface area contributed by atoms with Gasteiger partial charge in [-0.2, -0.15) is 0 Å². The molecule has 0 aromatic carbocycles. The van der Waals surface area contributed by atoms with Crippen LogP contribution in [0.25, 0.3) is 0 Å². The predicted octanol–water partition coefficient (Wildman–Crippen LogP) is 1.08. The molecule has 0 atom stereocenters. The molecule has 18 heavy (non-hydrogen) atoms. The smallest absolute Gasteiger partial charge is 0.242 e. The summed E-state index contributed by atoms with van der Waals surface area (Å²) in [5, 5.41) is 0. The number of hydrogen-bond acceptors (Lipinski definition) is 5. The van der Waals surface area contributed by atoms with Crippen molar-refractivity contribution < 1.29 is 8.42 Å². The van der Waals surface area contributed by atoms with E-state index in [-0.39, 0.29) is 4.90 Å². The van der Waals surface area contributed by atoms with Crippen LogP contribution in [0.4, 0.5) is 5.82 Å². The van der Waals surface area contributed by atoms with Crippen LogP contribution in [0.15, 0.2) is 23.2 Å². The van der Waals surface area contributed by atoms with Gasteiger partial charge in [0.1, 0.15) is 10.7 Å². The van der Waals surface area contributed by atoms with Gasteiger partial charge in [-0.25, -0.2) is 24.0 Å². The zero-order valence-electron chi connectivity index (χ0n) is 10.7. The van der Waals surface area contributed by atoms with Crippen LogP contribution >= 0.6 is 0 Å². The Bertz CT molecular complexity index is 456. The van der Waals surface area contributed by atoms with Crippen molar-refractivity contribution in [2.45, 2.75) is 31.6 Å². The third-order valence-corrected chi connectivity index (χ3v) is 3.89. The van der Waals surface area contributed by atoms with E-state index in [4.69, 9.17) is 5.84 Å². The number of anilines is 1. The Morgan fingerprint density at radius 3 is 2.61 bits per heavy atom. The molecule has 1 aromatic heterocycles. The largest absolute Gasteiger partial charge is 0.308 e. The zero-order chi connectivity index (χ0) is 13.6. The van der Waals surface area contributed by atoms with Gasteiger partial charge in [-0.1, -0.05) is 13.8 Å². The molecule has 0 bridgehead atoms. The highest BCUT2D eigenvalue weighted by Gasteiger charge is 2.13. The summed E-state index contributed by atoms with van der Waals surface area (Å²) >= 11 is 0. The number of nitrogens with two attached hydrogens (primary N) is 1. The standard InChI is InChI=1S/C11H20N4O2S/c1-9(2)4-3-7-14-18(16,17)10-5-6-11(15-12)13-8-10/h5-6,8-9,14H,3-4,7,12H2,1-2H3,(H,13,15). The fraction of sp³-hybridized carbons (Fsp3) is 0.545. The second-order valence-electron chi connectivity index (χ2n) is 4.46. The zero-order valence-corrected chi connectivity index (χ0v) is 11.5. The van der Waals surface area contributed by atoms with Gasteiger partial charge in [0, 0.05) is 12.7 Å². The number of rotatable bonds is 7. The molecular formula is C11H20N4O2S. The SMILES string of the molecule is CC(C)CCCNS(=O)(=O)c1ccc(NN)nc1. The summed E-state index contributed by atoms with van der Waals surface area (Å²) in [6.07, 6.45) is 3.10. The third kappa shape index (κ3) is 4.59.